The lowest BCUT2D eigenvalue weighted by Crippen LogP contribution is -2.37. The summed E-state index contributed by atoms with van der Waals surface area (Å²) < 4.78 is 5.71. The van der Waals surface area contributed by atoms with Gasteiger partial charge in [-0.15, -0.1) is 0 Å². The Morgan fingerprint density at radius 3 is 2.82 bits per heavy atom. The Labute approximate surface area is 102 Å². The van der Waals surface area contributed by atoms with Crippen molar-refractivity contribution < 1.29 is 9.53 Å². The monoisotopic (exact) mass is 233 g/mol. The third kappa shape index (κ3) is 3.22. The molecule has 1 atom stereocenters. The summed E-state index contributed by atoms with van der Waals surface area (Å²) >= 11 is 0. The zero-order valence-electron chi connectivity index (χ0n) is 10.4. The highest BCUT2D eigenvalue weighted by Gasteiger charge is 2.26. The summed E-state index contributed by atoms with van der Waals surface area (Å²) in [4.78, 5) is 11.8. The Morgan fingerprint density at radius 1 is 1.47 bits per heavy atom. The molecule has 0 aliphatic heterocycles. The second-order valence-corrected chi connectivity index (χ2v) is 4.50. The second kappa shape index (κ2) is 5.21. The van der Waals surface area contributed by atoms with Gasteiger partial charge in [0.2, 0.25) is 0 Å². The van der Waals surface area contributed by atoms with E-state index in [1.165, 1.54) is 0 Å². The van der Waals surface area contributed by atoms with Crippen LogP contribution < -0.4 is 10.1 Å². The van der Waals surface area contributed by atoms with Crippen LogP contribution >= 0.6 is 0 Å². The van der Waals surface area contributed by atoms with Gasteiger partial charge in [0.05, 0.1) is 0 Å². The highest BCUT2D eigenvalue weighted by atomic mass is 16.5. The molecule has 1 aliphatic rings. The van der Waals surface area contributed by atoms with Crippen LogP contribution in [0, 0.1) is 0 Å². The van der Waals surface area contributed by atoms with Crippen LogP contribution in [0.1, 0.15) is 32.3 Å². The molecule has 1 fully saturated rings. The van der Waals surface area contributed by atoms with Crippen molar-refractivity contribution in [2.24, 2.45) is 0 Å². The molecule has 3 heteroatoms. The van der Waals surface area contributed by atoms with Gasteiger partial charge in [-0.25, -0.2) is 0 Å². The van der Waals surface area contributed by atoms with Gasteiger partial charge in [0, 0.05) is 6.04 Å². The topological polar surface area (TPSA) is 38.3 Å². The van der Waals surface area contributed by atoms with Crippen molar-refractivity contribution >= 4 is 5.91 Å². The lowest BCUT2D eigenvalue weighted by Gasteiger charge is -2.16. The maximum atomic E-state index is 11.8. The molecule has 1 aromatic rings. The van der Waals surface area contributed by atoms with E-state index >= 15 is 0 Å². The Hall–Kier alpha value is -1.51. The maximum Gasteiger partial charge on any atom is 0.260 e. The van der Waals surface area contributed by atoms with Crippen molar-refractivity contribution in [3.8, 4) is 5.75 Å². The van der Waals surface area contributed by atoms with Crippen LogP contribution in [0.4, 0.5) is 0 Å². The first kappa shape index (κ1) is 12.0. The molecular weight excluding hydrogens is 214 g/mol. The van der Waals surface area contributed by atoms with Gasteiger partial charge >= 0.3 is 0 Å². The van der Waals surface area contributed by atoms with Gasteiger partial charge in [-0.05, 0) is 37.8 Å². The summed E-state index contributed by atoms with van der Waals surface area (Å²) in [5, 5.41) is 2.95. The lowest BCUT2D eigenvalue weighted by molar-refractivity contribution is -0.127. The number of nitrogens with one attached hydrogen (secondary N) is 1. The summed E-state index contributed by atoms with van der Waals surface area (Å²) in [7, 11) is 0. The lowest BCUT2D eigenvalue weighted by atomic mass is 10.1. The molecule has 1 saturated carbocycles. The quantitative estimate of drug-likeness (QED) is 0.847. The van der Waals surface area contributed by atoms with Crippen molar-refractivity contribution in [2.75, 3.05) is 0 Å². The number of para-hydroxylation sites is 1. The van der Waals surface area contributed by atoms with Crippen molar-refractivity contribution in [3.05, 3.63) is 29.8 Å². The molecule has 0 aromatic heterocycles. The highest BCUT2D eigenvalue weighted by molar-refractivity contribution is 5.81. The zero-order chi connectivity index (χ0) is 12.3. The third-order valence-electron chi connectivity index (χ3n) is 2.95. The third-order valence-corrected chi connectivity index (χ3v) is 2.95. The molecule has 0 radical (unpaired) electrons. The average Bonchev–Trinajstić information content (AvgIpc) is 3.13. The first-order chi connectivity index (χ1) is 8.20. The van der Waals surface area contributed by atoms with E-state index in [0.29, 0.717) is 6.04 Å². The first-order valence-corrected chi connectivity index (χ1v) is 6.25. The molecule has 0 heterocycles. The molecule has 17 heavy (non-hydrogen) atoms. The van der Waals surface area contributed by atoms with Crippen molar-refractivity contribution in [2.45, 2.75) is 45.3 Å². The van der Waals surface area contributed by atoms with E-state index in [-0.39, 0.29) is 5.91 Å². The van der Waals surface area contributed by atoms with Crippen LogP contribution in [0.15, 0.2) is 24.3 Å². The molecule has 3 nitrogen and oxygen atoms in total. The second-order valence-electron chi connectivity index (χ2n) is 4.50. The minimum atomic E-state index is -0.428. The number of amides is 1. The predicted molar refractivity (Wildman–Crippen MR) is 67.1 cm³/mol. The Kier molecular flexibility index (Phi) is 3.67. The van der Waals surface area contributed by atoms with Gasteiger partial charge in [0.15, 0.2) is 6.10 Å². The van der Waals surface area contributed by atoms with Gasteiger partial charge in [0.1, 0.15) is 5.75 Å². The largest absolute Gasteiger partial charge is 0.481 e. The number of hydrogen-bond donors (Lipinski definition) is 1. The van der Waals surface area contributed by atoms with E-state index in [0.717, 1.165) is 30.6 Å². The van der Waals surface area contributed by atoms with E-state index in [4.69, 9.17) is 4.74 Å². The van der Waals surface area contributed by atoms with E-state index in [9.17, 15) is 4.79 Å². The molecule has 2 rings (SSSR count). The number of carbonyl (C=O) groups is 1. The van der Waals surface area contributed by atoms with E-state index in [1.54, 1.807) is 6.92 Å². The van der Waals surface area contributed by atoms with Gasteiger partial charge in [-0.2, -0.15) is 0 Å². The number of rotatable bonds is 5. The molecule has 0 saturated heterocycles. The maximum absolute atomic E-state index is 11.8. The average molecular weight is 233 g/mol. The smallest absolute Gasteiger partial charge is 0.260 e. The number of hydrogen-bond acceptors (Lipinski definition) is 2. The molecule has 0 spiro atoms. The molecule has 1 amide bonds. The van der Waals surface area contributed by atoms with Crippen molar-refractivity contribution in [1.29, 1.82) is 0 Å². The molecule has 1 N–H and O–H groups in total. The van der Waals surface area contributed by atoms with E-state index in [2.05, 4.69) is 12.2 Å². The number of benzene rings is 1. The molecule has 0 bridgehead atoms. The minimum absolute atomic E-state index is 0.0154. The van der Waals surface area contributed by atoms with E-state index < -0.39 is 6.10 Å². The highest BCUT2D eigenvalue weighted by Crippen LogP contribution is 2.21. The Balaban J connectivity index is 1.96. The summed E-state index contributed by atoms with van der Waals surface area (Å²) in [5.74, 6) is 0.798. The summed E-state index contributed by atoms with van der Waals surface area (Å²) in [6, 6.07) is 8.25. The normalized spacial score (nSPS) is 16.4. The SMILES string of the molecule is CCc1ccccc1O[C@@H](C)C(=O)NC1CC1. The predicted octanol–water partition coefficient (Wildman–Crippen LogP) is 2.29. The van der Waals surface area contributed by atoms with Crippen LogP contribution in [-0.2, 0) is 11.2 Å². The Bertz CT molecular complexity index is 399. The van der Waals surface area contributed by atoms with Crippen LogP contribution in [0.25, 0.3) is 0 Å². The molecule has 92 valence electrons. The fourth-order valence-corrected chi connectivity index (χ4v) is 1.70. The number of carbonyl (C=O) groups excluding carboxylic acids is 1. The van der Waals surface area contributed by atoms with Gasteiger partial charge in [-0.3, -0.25) is 4.79 Å². The Morgan fingerprint density at radius 2 is 2.18 bits per heavy atom. The van der Waals surface area contributed by atoms with Crippen LogP contribution in [0.2, 0.25) is 0 Å². The van der Waals surface area contributed by atoms with Crippen molar-refractivity contribution in [1.82, 2.24) is 5.32 Å². The minimum Gasteiger partial charge on any atom is -0.481 e. The van der Waals surface area contributed by atoms with Crippen LogP contribution in [-0.4, -0.2) is 18.1 Å². The number of aryl methyl sites for hydroxylation is 1. The molecule has 1 aromatic carbocycles. The summed E-state index contributed by atoms with van der Waals surface area (Å²) in [6.07, 6.45) is 2.68. The molecule has 0 unspecified atom stereocenters. The van der Waals surface area contributed by atoms with Gasteiger partial charge < -0.3 is 10.1 Å². The fourth-order valence-electron chi connectivity index (χ4n) is 1.70. The molecule has 1 aliphatic carbocycles. The first-order valence-electron chi connectivity index (χ1n) is 6.25. The van der Waals surface area contributed by atoms with Gasteiger partial charge in [0.25, 0.3) is 5.91 Å². The summed E-state index contributed by atoms with van der Waals surface area (Å²) in [6.45, 7) is 3.88. The zero-order valence-corrected chi connectivity index (χ0v) is 10.4. The van der Waals surface area contributed by atoms with Gasteiger partial charge in [-0.1, -0.05) is 25.1 Å². The standard InChI is InChI=1S/C14H19NO2/c1-3-11-6-4-5-7-13(11)17-10(2)14(16)15-12-8-9-12/h4-7,10,12H,3,8-9H2,1-2H3,(H,15,16)/t10-/m0/s1. The van der Waals surface area contributed by atoms with E-state index in [1.807, 2.05) is 24.3 Å². The fraction of sp³-hybridized carbons (Fsp3) is 0.500. The van der Waals surface area contributed by atoms with Crippen LogP contribution in [0.5, 0.6) is 5.75 Å². The molecular formula is C14H19NO2. The van der Waals surface area contributed by atoms with Crippen molar-refractivity contribution in [3.63, 3.8) is 0 Å². The summed E-state index contributed by atoms with van der Waals surface area (Å²) in [5.41, 5.74) is 1.14. The number of ether oxygens (including phenoxy) is 1. The van der Waals surface area contributed by atoms with Crippen LogP contribution in [0.3, 0.4) is 0 Å².